The normalized spacial score (nSPS) is 10.4. The number of aryl methyl sites for hydroxylation is 2. The van der Waals surface area contributed by atoms with Gasteiger partial charge in [0.2, 0.25) is 0 Å². The van der Waals surface area contributed by atoms with Crippen molar-refractivity contribution in [1.29, 1.82) is 0 Å². The summed E-state index contributed by atoms with van der Waals surface area (Å²) in [6.45, 7) is 4.10. The van der Waals surface area contributed by atoms with E-state index in [0.717, 1.165) is 5.56 Å². The molecule has 0 saturated carbocycles. The standard InChI is InChI=1S/C14H14ClFN2/c1-9-6-11(7-10(2)13(9)16)8-18-14-12(15)4-3-5-17-14/h3-7H,8H2,1-2H3,(H,17,18). The smallest absolute Gasteiger partial charge is 0.145 e. The van der Waals surface area contributed by atoms with Crippen LogP contribution < -0.4 is 5.32 Å². The van der Waals surface area contributed by atoms with Crippen LogP contribution in [0.15, 0.2) is 30.5 Å². The predicted octanol–water partition coefficient (Wildman–Crippen LogP) is 4.10. The number of benzene rings is 1. The molecule has 1 N–H and O–H groups in total. The van der Waals surface area contributed by atoms with Gasteiger partial charge in [0.25, 0.3) is 0 Å². The minimum absolute atomic E-state index is 0.144. The Labute approximate surface area is 111 Å². The average Bonchev–Trinajstić information content (AvgIpc) is 2.35. The van der Waals surface area contributed by atoms with Crippen LogP contribution in [0.1, 0.15) is 16.7 Å². The summed E-state index contributed by atoms with van der Waals surface area (Å²) in [6.07, 6.45) is 1.68. The first kappa shape index (κ1) is 12.8. The molecule has 18 heavy (non-hydrogen) atoms. The van der Waals surface area contributed by atoms with Gasteiger partial charge in [0, 0.05) is 12.7 Å². The molecule has 1 aromatic heterocycles. The molecule has 2 nitrogen and oxygen atoms in total. The largest absolute Gasteiger partial charge is 0.365 e. The Hall–Kier alpha value is -1.61. The Morgan fingerprint density at radius 2 is 1.94 bits per heavy atom. The van der Waals surface area contributed by atoms with Crippen molar-refractivity contribution in [2.45, 2.75) is 20.4 Å². The van der Waals surface area contributed by atoms with Crippen LogP contribution in [0.25, 0.3) is 0 Å². The van der Waals surface area contributed by atoms with Crippen LogP contribution in [-0.4, -0.2) is 4.98 Å². The van der Waals surface area contributed by atoms with Gasteiger partial charge < -0.3 is 5.32 Å². The molecule has 4 heteroatoms. The van der Waals surface area contributed by atoms with Gasteiger partial charge in [-0.3, -0.25) is 0 Å². The summed E-state index contributed by atoms with van der Waals surface area (Å²) in [5, 5.41) is 3.71. The lowest BCUT2D eigenvalue weighted by Crippen LogP contribution is -2.03. The van der Waals surface area contributed by atoms with Gasteiger partial charge in [-0.2, -0.15) is 0 Å². The fraction of sp³-hybridized carbons (Fsp3) is 0.214. The predicted molar refractivity (Wildman–Crippen MR) is 72.4 cm³/mol. The maximum atomic E-state index is 13.5. The van der Waals surface area contributed by atoms with E-state index in [-0.39, 0.29) is 5.82 Å². The molecule has 0 unspecified atom stereocenters. The molecule has 0 aliphatic carbocycles. The Morgan fingerprint density at radius 1 is 1.28 bits per heavy atom. The van der Waals surface area contributed by atoms with Crippen molar-refractivity contribution in [1.82, 2.24) is 4.98 Å². The summed E-state index contributed by atoms with van der Waals surface area (Å²) in [4.78, 5) is 4.14. The zero-order chi connectivity index (χ0) is 13.1. The van der Waals surface area contributed by atoms with E-state index in [4.69, 9.17) is 11.6 Å². The lowest BCUT2D eigenvalue weighted by atomic mass is 10.1. The molecule has 1 heterocycles. The molecule has 0 atom stereocenters. The molecule has 0 spiro atoms. The summed E-state index contributed by atoms with van der Waals surface area (Å²) < 4.78 is 13.5. The van der Waals surface area contributed by atoms with Crippen LogP contribution in [0.4, 0.5) is 10.2 Å². The van der Waals surface area contributed by atoms with Gasteiger partial charge >= 0.3 is 0 Å². The second-order valence-corrected chi connectivity index (χ2v) is 4.64. The number of nitrogens with one attached hydrogen (secondary N) is 1. The topological polar surface area (TPSA) is 24.9 Å². The van der Waals surface area contributed by atoms with Crippen molar-refractivity contribution in [3.05, 3.63) is 58.0 Å². The molecule has 94 valence electrons. The molecule has 0 radical (unpaired) electrons. The Morgan fingerprint density at radius 3 is 2.56 bits per heavy atom. The highest BCUT2D eigenvalue weighted by Crippen LogP contribution is 2.19. The van der Waals surface area contributed by atoms with Gasteiger partial charge in [0.15, 0.2) is 0 Å². The highest BCUT2D eigenvalue weighted by molar-refractivity contribution is 6.32. The summed E-state index contributed by atoms with van der Waals surface area (Å²) in [7, 11) is 0. The van der Waals surface area contributed by atoms with E-state index < -0.39 is 0 Å². The summed E-state index contributed by atoms with van der Waals surface area (Å²) in [5.41, 5.74) is 2.31. The van der Waals surface area contributed by atoms with Crippen molar-refractivity contribution < 1.29 is 4.39 Å². The highest BCUT2D eigenvalue weighted by Gasteiger charge is 2.05. The van der Waals surface area contributed by atoms with E-state index in [1.165, 1.54) is 0 Å². The summed E-state index contributed by atoms with van der Waals surface area (Å²) in [5.74, 6) is 0.494. The van der Waals surface area contributed by atoms with Gasteiger partial charge in [0.1, 0.15) is 11.6 Å². The van der Waals surface area contributed by atoms with Gasteiger partial charge in [0.05, 0.1) is 5.02 Å². The maximum Gasteiger partial charge on any atom is 0.145 e. The maximum absolute atomic E-state index is 13.5. The van der Waals surface area contributed by atoms with Crippen LogP contribution in [-0.2, 0) is 6.54 Å². The Kier molecular flexibility index (Phi) is 3.82. The van der Waals surface area contributed by atoms with Gasteiger partial charge in [-0.25, -0.2) is 9.37 Å². The molecule has 2 aromatic rings. The minimum Gasteiger partial charge on any atom is -0.365 e. The van der Waals surface area contributed by atoms with Crippen LogP contribution in [0.3, 0.4) is 0 Å². The quantitative estimate of drug-likeness (QED) is 0.903. The molecule has 0 aliphatic rings. The SMILES string of the molecule is Cc1cc(CNc2ncccc2Cl)cc(C)c1F. The number of rotatable bonds is 3. The van der Waals surface area contributed by atoms with Crippen molar-refractivity contribution >= 4 is 17.4 Å². The Balaban J connectivity index is 2.14. The fourth-order valence-electron chi connectivity index (χ4n) is 1.84. The Bertz CT molecular complexity index is 546. The molecular weight excluding hydrogens is 251 g/mol. The van der Waals surface area contributed by atoms with Crippen LogP contribution in [0.2, 0.25) is 5.02 Å². The zero-order valence-corrected chi connectivity index (χ0v) is 11.1. The first-order chi connectivity index (χ1) is 8.58. The molecule has 0 saturated heterocycles. The van der Waals surface area contributed by atoms with E-state index in [1.54, 1.807) is 32.2 Å². The third-order valence-electron chi connectivity index (χ3n) is 2.71. The van der Waals surface area contributed by atoms with Crippen molar-refractivity contribution in [3.8, 4) is 0 Å². The number of halogens is 2. The van der Waals surface area contributed by atoms with E-state index in [2.05, 4.69) is 10.3 Å². The van der Waals surface area contributed by atoms with E-state index in [1.807, 2.05) is 12.1 Å². The third kappa shape index (κ3) is 2.79. The van der Waals surface area contributed by atoms with E-state index in [0.29, 0.717) is 28.5 Å². The minimum atomic E-state index is -0.144. The molecule has 0 aliphatic heterocycles. The van der Waals surface area contributed by atoms with Gasteiger partial charge in [-0.1, -0.05) is 23.7 Å². The molecule has 0 fully saturated rings. The highest BCUT2D eigenvalue weighted by atomic mass is 35.5. The summed E-state index contributed by atoms with van der Waals surface area (Å²) >= 11 is 5.99. The fourth-order valence-corrected chi connectivity index (χ4v) is 2.03. The molecule has 0 amide bonds. The third-order valence-corrected chi connectivity index (χ3v) is 3.02. The second-order valence-electron chi connectivity index (χ2n) is 4.23. The average molecular weight is 265 g/mol. The summed E-state index contributed by atoms with van der Waals surface area (Å²) in [6, 6.07) is 7.20. The second kappa shape index (κ2) is 5.36. The first-order valence-electron chi connectivity index (χ1n) is 5.68. The monoisotopic (exact) mass is 264 g/mol. The van der Waals surface area contributed by atoms with Crippen LogP contribution in [0.5, 0.6) is 0 Å². The van der Waals surface area contributed by atoms with Gasteiger partial charge in [-0.05, 0) is 42.7 Å². The van der Waals surface area contributed by atoms with Crippen LogP contribution >= 0.6 is 11.6 Å². The number of nitrogens with zero attached hydrogens (tertiary/aromatic N) is 1. The molecule has 0 bridgehead atoms. The molecule has 1 aromatic carbocycles. The van der Waals surface area contributed by atoms with E-state index in [9.17, 15) is 4.39 Å². The van der Waals surface area contributed by atoms with Crippen molar-refractivity contribution in [2.75, 3.05) is 5.32 Å². The number of hydrogen-bond donors (Lipinski definition) is 1. The van der Waals surface area contributed by atoms with Crippen molar-refractivity contribution in [3.63, 3.8) is 0 Å². The van der Waals surface area contributed by atoms with Gasteiger partial charge in [-0.15, -0.1) is 0 Å². The number of anilines is 1. The molecular formula is C14H14ClFN2. The lowest BCUT2D eigenvalue weighted by molar-refractivity contribution is 0.608. The number of hydrogen-bond acceptors (Lipinski definition) is 2. The lowest BCUT2D eigenvalue weighted by Gasteiger charge is -2.09. The molecule has 2 rings (SSSR count). The van der Waals surface area contributed by atoms with Crippen LogP contribution in [0, 0.1) is 19.7 Å². The number of pyridine rings is 1. The number of aromatic nitrogens is 1. The van der Waals surface area contributed by atoms with E-state index >= 15 is 0 Å². The zero-order valence-electron chi connectivity index (χ0n) is 10.3. The first-order valence-corrected chi connectivity index (χ1v) is 6.05. The van der Waals surface area contributed by atoms with Crippen molar-refractivity contribution in [2.24, 2.45) is 0 Å².